The summed E-state index contributed by atoms with van der Waals surface area (Å²) >= 11 is 1.26. The molecule has 0 amide bonds. The minimum Gasteiger partial charge on any atom is -0.507 e. The lowest BCUT2D eigenvalue weighted by Crippen LogP contribution is -2.07. The van der Waals surface area contributed by atoms with E-state index in [2.05, 4.69) is 15.5 Å². The number of benzene rings is 1. The summed E-state index contributed by atoms with van der Waals surface area (Å²) in [4.78, 5) is 15.5. The average molecular weight is 337 g/mol. The maximum atomic E-state index is 11.3. The highest BCUT2D eigenvalue weighted by molar-refractivity contribution is 7.13. The van der Waals surface area contributed by atoms with Crippen molar-refractivity contribution in [3.63, 3.8) is 0 Å². The molecule has 0 aliphatic rings. The third-order valence-electron chi connectivity index (χ3n) is 2.67. The lowest BCUT2D eigenvalue weighted by molar-refractivity contribution is -0.142. The lowest BCUT2D eigenvalue weighted by atomic mass is 10.2. The summed E-state index contributed by atoms with van der Waals surface area (Å²) in [6.07, 6.45) is 1.35. The Kier molecular flexibility index (Phi) is 5.36. The number of aromatic nitrogens is 1. The summed E-state index contributed by atoms with van der Waals surface area (Å²) in [6, 6.07) is 2.18. The minimum absolute atomic E-state index is 0.0857. The smallest absolute Gasteiger partial charge is 0.311 e. The van der Waals surface area contributed by atoms with Gasteiger partial charge in [0, 0.05) is 17.0 Å². The molecular formula is C14H15N3O5S. The van der Waals surface area contributed by atoms with Gasteiger partial charge in [-0.25, -0.2) is 4.98 Å². The third kappa shape index (κ3) is 4.58. The zero-order chi connectivity index (χ0) is 16.8. The van der Waals surface area contributed by atoms with Crippen LogP contribution < -0.4 is 5.43 Å². The number of anilines is 1. The van der Waals surface area contributed by atoms with Crippen molar-refractivity contribution >= 4 is 28.7 Å². The second-order valence-electron chi connectivity index (χ2n) is 4.40. The van der Waals surface area contributed by atoms with E-state index < -0.39 is 5.75 Å². The van der Waals surface area contributed by atoms with E-state index in [9.17, 15) is 20.1 Å². The van der Waals surface area contributed by atoms with E-state index in [0.29, 0.717) is 17.4 Å². The molecule has 122 valence electrons. The van der Waals surface area contributed by atoms with Gasteiger partial charge in [-0.15, -0.1) is 11.3 Å². The van der Waals surface area contributed by atoms with Gasteiger partial charge in [-0.1, -0.05) is 0 Å². The molecule has 0 aliphatic carbocycles. The largest absolute Gasteiger partial charge is 0.507 e. The summed E-state index contributed by atoms with van der Waals surface area (Å²) in [5.41, 5.74) is 3.43. The molecule has 4 N–H and O–H groups in total. The number of rotatable bonds is 6. The maximum absolute atomic E-state index is 11.3. The monoisotopic (exact) mass is 337 g/mol. The van der Waals surface area contributed by atoms with Crippen molar-refractivity contribution in [1.29, 1.82) is 0 Å². The number of carbonyl (C=O) groups excluding carboxylic acids is 1. The summed E-state index contributed by atoms with van der Waals surface area (Å²) in [5, 5.41) is 34.3. The Balaban J connectivity index is 1.97. The Labute approximate surface area is 135 Å². The molecule has 23 heavy (non-hydrogen) atoms. The highest BCUT2D eigenvalue weighted by atomic mass is 32.1. The fourth-order valence-corrected chi connectivity index (χ4v) is 2.30. The first-order valence-electron chi connectivity index (χ1n) is 6.63. The molecule has 0 bridgehead atoms. The third-order valence-corrected chi connectivity index (χ3v) is 3.47. The predicted octanol–water partition coefficient (Wildman–Crippen LogP) is 1.81. The second kappa shape index (κ2) is 7.45. The standard InChI is InChI=1S/C14H15N3O5S/c1-2-22-13(21)4-9-7-23-14(16-9)17-15-6-8-3-11(19)12(20)5-10(8)18/h3,5-7,18-20H,2,4H2,1H3,(H,16,17). The average Bonchev–Trinajstić information content (AvgIpc) is 2.92. The van der Waals surface area contributed by atoms with Gasteiger partial charge in [0.2, 0.25) is 5.13 Å². The van der Waals surface area contributed by atoms with E-state index in [1.807, 2.05) is 0 Å². The van der Waals surface area contributed by atoms with Gasteiger partial charge < -0.3 is 20.1 Å². The van der Waals surface area contributed by atoms with Crippen LogP contribution >= 0.6 is 11.3 Å². The fraction of sp³-hybridized carbons (Fsp3) is 0.214. The first-order valence-corrected chi connectivity index (χ1v) is 7.51. The van der Waals surface area contributed by atoms with Gasteiger partial charge in [-0.3, -0.25) is 10.2 Å². The van der Waals surface area contributed by atoms with Crippen LogP contribution in [-0.2, 0) is 16.0 Å². The molecule has 1 heterocycles. The summed E-state index contributed by atoms with van der Waals surface area (Å²) in [6.45, 7) is 2.05. The Morgan fingerprint density at radius 1 is 1.35 bits per heavy atom. The van der Waals surface area contributed by atoms with Crippen LogP contribution in [0.25, 0.3) is 0 Å². The van der Waals surface area contributed by atoms with Crippen LogP contribution in [0.4, 0.5) is 5.13 Å². The number of phenolic OH excluding ortho intramolecular Hbond substituents is 3. The van der Waals surface area contributed by atoms with E-state index in [0.717, 1.165) is 6.07 Å². The molecular weight excluding hydrogens is 322 g/mol. The van der Waals surface area contributed by atoms with E-state index in [1.54, 1.807) is 12.3 Å². The van der Waals surface area contributed by atoms with Crippen molar-refractivity contribution in [1.82, 2.24) is 4.98 Å². The first kappa shape index (κ1) is 16.6. The van der Waals surface area contributed by atoms with Crippen LogP contribution in [-0.4, -0.2) is 39.1 Å². The number of carbonyl (C=O) groups is 1. The molecule has 1 aromatic heterocycles. The zero-order valence-corrected chi connectivity index (χ0v) is 13.0. The topological polar surface area (TPSA) is 124 Å². The van der Waals surface area contributed by atoms with E-state index >= 15 is 0 Å². The van der Waals surface area contributed by atoms with Gasteiger partial charge in [0.1, 0.15) is 5.75 Å². The molecule has 9 heteroatoms. The van der Waals surface area contributed by atoms with Crippen molar-refractivity contribution in [2.24, 2.45) is 5.10 Å². The highest BCUT2D eigenvalue weighted by Gasteiger charge is 2.08. The first-order chi connectivity index (χ1) is 11.0. The zero-order valence-electron chi connectivity index (χ0n) is 12.2. The number of nitrogens with one attached hydrogen (secondary N) is 1. The van der Waals surface area contributed by atoms with E-state index in [-0.39, 0.29) is 29.5 Å². The van der Waals surface area contributed by atoms with Gasteiger partial charge in [-0.05, 0) is 13.0 Å². The molecule has 0 saturated carbocycles. The summed E-state index contributed by atoms with van der Waals surface area (Å²) in [7, 11) is 0. The number of thiazole rings is 1. The van der Waals surface area contributed by atoms with Gasteiger partial charge in [-0.2, -0.15) is 5.10 Å². The number of hydrazone groups is 1. The molecule has 0 saturated heterocycles. The number of esters is 1. The summed E-state index contributed by atoms with van der Waals surface area (Å²) < 4.78 is 4.83. The van der Waals surface area contributed by atoms with Crippen molar-refractivity contribution in [2.45, 2.75) is 13.3 Å². The molecule has 2 rings (SSSR count). The normalized spacial score (nSPS) is 10.8. The number of ether oxygens (including phenoxy) is 1. The molecule has 2 aromatic rings. The van der Waals surface area contributed by atoms with Crippen LogP contribution in [0.5, 0.6) is 17.2 Å². The van der Waals surface area contributed by atoms with Crippen molar-refractivity contribution in [3.05, 3.63) is 28.8 Å². The maximum Gasteiger partial charge on any atom is 0.311 e. The van der Waals surface area contributed by atoms with Crippen LogP contribution in [0.2, 0.25) is 0 Å². The van der Waals surface area contributed by atoms with Crippen molar-refractivity contribution in [2.75, 3.05) is 12.0 Å². The van der Waals surface area contributed by atoms with Gasteiger partial charge >= 0.3 is 5.97 Å². The van der Waals surface area contributed by atoms with E-state index in [1.165, 1.54) is 23.6 Å². The second-order valence-corrected chi connectivity index (χ2v) is 5.25. The number of hydrogen-bond donors (Lipinski definition) is 4. The number of phenols is 3. The molecule has 0 aliphatic heterocycles. The molecule has 1 aromatic carbocycles. The molecule has 0 atom stereocenters. The lowest BCUT2D eigenvalue weighted by Gasteiger charge is -2.02. The Morgan fingerprint density at radius 3 is 2.83 bits per heavy atom. The van der Waals surface area contributed by atoms with Gasteiger partial charge in [0.25, 0.3) is 0 Å². The SMILES string of the molecule is CCOC(=O)Cc1csc(NN=Cc2cc(O)c(O)cc2O)n1. The number of aromatic hydroxyl groups is 3. The van der Waals surface area contributed by atoms with Crippen molar-refractivity contribution < 1.29 is 24.9 Å². The molecule has 0 spiro atoms. The molecule has 0 fully saturated rings. The highest BCUT2D eigenvalue weighted by Crippen LogP contribution is 2.31. The van der Waals surface area contributed by atoms with Gasteiger partial charge in [0.05, 0.1) is 24.9 Å². The number of hydrogen-bond acceptors (Lipinski definition) is 9. The molecule has 0 unspecified atom stereocenters. The Bertz CT molecular complexity index is 729. The van der Waals surface area contributed by atoms with Crippen molar-refractivity contribution in [3.8, 4) is 17.2 Å². The minimum atomic E-state index is -0.420. The Hall–Kier alpha value is -2.81. The summed E-state index contributed by atoms with van der Waals surface area (Å²) in [5.74, 6) is -1.36. The fourth-order valence-electron chi connectivity index (χ4n) is 1.64. The number of nitrogens with zero attached hydrogens (tertiary/aromatic N) is 2. The van der Waals surface area contributed by atoms with Crippen LogP contribution in [0, 0.1) is 0 Å². The Morgan fingerprint density at radius 2 is 2.09 bits per heavy atom. The predicted molar refractivity (Wildman–Crippen MR) is 85.1 cm³/mol. The van der Waals surface area contributed by atoms with Crippen LogP contribution in [0.1, 0.15) is 18.2 Å². The molecule has 0 radical (unpaired) electrons. The molecule has 8 nitrogen and oxygen atoms in total. The quantitative estimate of drug-likeness (QED) is 0.208. The van der Waals surface area contributed by atoms with Gasteiger partial charge in [0.15, 0.2) is 11.5 Å². The van der Waals surface area contributed by atoms with E-state index in [4.69, 9.17) is 4.74 Å². The van der Waals surface area contributed by atoms with Crippen LogP contribution in [0.3, 0.4) is 0 Å². The van der Waals surface area contributed by atoms with Crippen LogP contribution in [0.15, 0.2) is 22.6 Å².